The van der Waals surface area contributed by atoms with E-state index < -0.39 is 27.0 Å². The van der Waals surface area contributed by atoms with Crippen molar-refractivity contribution in [1.82, 2.24) is 15.0 Å². The molecule has 2 aromatic carbocycles. The lowest BCUT2D eigenvalue weighted by Gasteiger charge is -2.08. The van der Waals surface area contributed by atoms with Crippen molar-refractivity contribution in [2.45, 2.75) is 4.90 Å². The zero-order valence-electron chi connectivity index (χ0n) is 11.7. The summed E-state index contributed by atoms with van der Waals surface area (Å²) >= 11 is 0. The van der Waals surface area contributed by atoms with Crippen LogP contribution in [0, 0.1) is 0 Å². The summed E-state index contributed by atoms with van der Waals surface area (Å²) < 4.78 is 31.6. The van der Waals surface area contributed by atoms with Gasteiger partial charge in [0.25, 0.3) is 10.1 Å². The third kappa shape index (κ3) is 3.11. The van der Waals surface area contributed by atoms with Crippen LogP contribution >= 0.6 is 0 Å². The molecular formula is C13H10N4O6S. The van der Waals surface area contributed by atoms with E-state index in [9.17, 15) is 23.7 Å². The number of nitrogens with zero attached hydrogens (tertiary/aromatic N) is 3. The Hall–Kier alpha value is -3.18. The first-order chi connectivity index (χ1) is 11.2. The third-order valence-electron chi connectivity index (χ3n) is 3.07. The second-order valence-electron chi connectivity index (χ2n) is 4.74. The van der Waals surface area contributed by atoms with Gasteiger partial charge in [-0.15, -0.1) is 4.98 Å². The Morgan fingerprint density at radius 2 is 1.58 bits per heavy atom. The van der Waals surface area contributed by atoms with Crippen molar-refractivity contribution in [3.63, 3.8) is 0 Å². The van der Waals surface area contributed by atoms with Gasteiger partial charge in [-0.2, -0.15) is 18.4 Å². The van der Waals surface area contributed by atoms with Gasteiger partial charge < -0.3 is 20.6 Å². The molecule has 0 atom stereocenters. The SMILES string of the molecule is O=S(=O)(O)c1cc(O)c2ccc(Nc3nc(O)nc(O)n3)cc2c1. The number of phenols is 1. The number of benzene rings is 2. The summed E-state index contributed by atoms with van der Waals surface area (Å²) in [5, 5.41) is 31.7. The number of anilines is 2. The Morgan fingerprint density at radius 1 is 0.917 bits per heavy atom. The average molecular weight is 350 g/mol. The van der Waals surface area contributed by atoms with E-state index in [1.807, 2.05) is 0 Å². The zero-order valence-corrected chi connectivity index (χ0v) is 12.6. The Kier molecular flexibility index (Phi) is 3.58. The first-order valence-electron chi connectivity index (χ1n) is 6.38. The molecule has 5 N–H and O–H groups in total. The van der Waals surface area contributed by atoms with E-state index in [1.165, 1.54) is 24.3 Å². The highest BCUT2D eigenvalue weighted by atomic mass is 32.2. The molecule has 0 aliphatic rings. The molecule has 0 saturated heterocycles. The molecule has 124 valence electrons. The summed E-state index contributed by atoms with van der Waals surface area (Å²) in [4.78, 5) is 9.86. The Bertz CT molecular complexity index is 1030. The molecule has 3 aromatic rings. The van der Waals surface area contributed by atoms with Gasteiger partial charge in [-0.1, -0.05) is 0 Å². The van der Waals surface area contributed by atoms with E-state index in [1.54, 1.807) is 0 Å². The maximum Gasteiger partial charge on any atom is 0.321 e. The molecule has 0 fully saturated rings. The van der Waals surface area contributed by atoms with Gasteiger partial charge in [-0.3, -0.25) is 4.55 Å². The monoisotopic (exact) mass is 350 g/mol. The van der Waals surface area contributed by atoms with Crippen molar-refractivity contribution in [3.05, 3.63) is 30.3 Å². The molecule has 11 heteroatoms. The predicted octanol–water partition coefficient (Wildman–Crippen LogP) is 1.13. The largest absolute Gasteiger partial charge is 0.507 e. The highest BCUT2D eigenvalue weighted by molar-refractivity contribution is 7.85. The van der Waals surface area contributed by atoms with Crippen LogP contribution in [0.5, 0.6) is 17.8 Å². The molecular weight excluding hydrogens is 340 g/mol. The molecule has 0 spiro atoms. The van der Waals surface area contributed by atoms with E-state index in [0.717, 1.165) is 6.07 Å². The summed E-state index contributed by atoms with van der Waals surface area (Å²) in [5.74, 6) is -0.461. The van der Waals surface area contributed by atoms with Crippen LogP contribution in [0.1, 0.15) is 0 Å². The Balaban J connectivity index is 2.07. The molecule has 1 heterocycles. The van der Waals surface area contributed by atoms with E-state index in [-0.39, 0.29) is 11.7 Å². The fourth-order valence-electron chi connectivity index (χ4n) is 2.09. The molecule has 24 heavy (non-hydrogen) atoms. The summed E-state index contributed by atoms with van der Waals surface area (Å²) in [6.45, 7) is 0. The van der Waals surface area contributed by atoms with Crippen LogP contribution < -0.4 is 5.32 Å². The number of hydrogen-bond acceptors (Lipinski definition) is 9. The van der Waals surface area contributed by atoms with Crippen LogP contribution in [-0.4, -0.2) is 43.2 Å². The van der Waals surface area contributed by atoms with Crippen LogP contribution in [0.4, 0.5) is 11.6 Å². The minimum atomic E-state index is -4.48. The van der Waals surface area contributed by atoms with Crippen molar-refractivity contribution in [3.8, 4) is 17.8 Å². The molecule has 0 aliphatic carbocycles. The number of aromatic nitrogens is 3. The van der Waals surface area contributed by atoms with Crippen molar-refractivity contribution in [2.75, 3.05) is 5.32 Å². The topological polar surface area (TPSA) is 166 Å². The highest BCUT2D eigenvalue weighted by Crippen LogP contribution is 2.31. The molecule has 10 nitrogen and oxygen atoms in total. The van der Waals surface area contributed by atoms with Crippen LogP contribution in [0.25, 0.3) is 10.8 Å². The van der Waals surface area contributed by atoms with E-state index >= 15 is 0 Å². The number of nitrogens with one attached hydrogen (secondary N) is 1. The predicted molar refractivity (Wildman–Crippen MR) is 81.9 cm³/mol. The molecule has 0 radical (unpaired) electrons. The van der Waals surface area contributed by atoms with Crippen LogP contribution in [0.15, 0.2) is 35.2 Å². The lowest BCUT2D eigenvalue weighted by molar-refractivity contribution is 0.384. The van der Waals surface area contributed by atoms with E-state index in [0.29, 0.717) is 16.5 Å². The van der Waals surface area contributed by atoms with Gasteiger partial charge in [-0.05, 0) is 29.7 Å². The van der Waals surface area contributed by atoms with Crippen molar-refractivity contribution < 1.29 is 28.3 Å². The van der Waals surface area contributed by atoms with Gasteiger partial charge in [0.05, 0.1) is 4.90 Å². The van der Waals surface area contributed by atoms with E-state index in [2.05, 4.69) is 20.3 Å². The molecule has 0 unspecified atom stereocenters. The molecule has 0 bridgehead atoms. The Morgan fingerprint density at radius 3 is 2.21 bits per heavy atom. The highest BCUT2D eigenvalue weighted by Gasteiger charge is 2.14. The van der Waals surface area contributed by atoms with Gasteiger partial charge >= 0.3 is 12.0 Å². The van der Waals surface area contributed by atoms with Crippen LogP contribution in [0.2, 0.25) is 0 Å². The van der Waals surface area contributed by atoms with Crippen molar-refractivity contribution in [2.24, 2.45) is 0 Å². The zero-order chi connectivity index (χ0) is 17.5. The molecule has 0 aliphatic heterocycles. The Labute approximate surface area is 134 Å². The van der Waals surface area contributed by atoms with Crippen LogP contribution in [0.3, 0.4) is 0 Å². The second kappa shape index (κ2) is 5.47. The van der Waals surface area contributed by atoms with Gasteiger partial charge in [-0.25, -0.2) is 0 Å². The summed E-state index contributed by atoms with van der Waals surface area (Å²) in [6, 6.07) is 5.25. The van der Waals surface area contributed by atoms with Gasteiger partial charge in [0.1, 0.15) is 5.75 Å². The van der Waals surface area contributed by atoms with Crippen LogP contribution in [-0.2, 0) is 10.1 Å². The maximum absolute atomic E-state index is 11.2. The first-order valence-corrected chi connectivity index (χ1v) is 7.82. The summed E-state index contributed by atoms with van der Waals surface area (Å²) in [7, 11) is -4.48. The smallest absolute Gasteiger partial charge is 0.321 e. The molecule has 0 amide bonds. The quantitative estimate of drug-likeness (QED) is 0.432. The van der Waals surface area contributed by atoms with Gasteiger partial charge in [0.15, 0.2) is 0 Å². The number of aromatic hydroxyl groups is 3. The third-order valence-corrected chi connectivity index (χ3v) is 3.90. The van der Waals surface area contributed by atoms with Gasteiger partial charge in [0, 0.05) is 17.1 Å². The number of phenolic OH excluding ortho intramolecular Hbond substituents is 1. The van der Waals surface area contributed by atoms with Gasteiger partial charge in [0.2, 0.25) is 5.95 Å². The minimum Gasteiger partial charge on any atom is -0.507 e. The summed E-state index contributed by atoms with van der Waals surface area (Å²) in [6.07, 6.45) is 0. The molecule has 3 rings (SSSR count). The second-order valence-corrected chi connectivity index (χ2v) is 6.16. The summed E-state index contributed by atoms with van der Waals surface area (Å²) in [5.41, 5.74) is 0.374. The molecule has 1 aromatic heterocycles. The normalized spacial score (nSPS) is 11.5. The molecule has 0 saturated carbocycles. The standard InChI is InChI=1S/C13H10N4O6S/c18-10-5-8(24(21,22)23)4-6-3-7(1-2-9(6)10)14-11-15-12(19)17-13(20)16-11/h1-5,18H,(H,21,22,23)(H3,14,15,16,17,19,20). The average Bonchev–Trinajstić information content (AvgIpc) is 2.44. The number of hydrogen-bond donors (Lipinski definition) is 5. The van der Waals surface area contributed by atoms with E-state index in [4.69, 9.17) is 4.55 Å². The fraction of sp³-hybridized carbons (Fsp3) is 0. The maximum atomic E-state index is 11.2. The van der Waals surface area contributed by atoms with Crippen molar-refractivity contribution >= 4 is 32.5 Å². The number of rotatable bonds is 3. The number of fused-ring (bicyclic) bond motifs is 1. The first kappa shape index (κ1) is 15.7. The fourth-order valence-corrected chi connectivity index (χ4v) is 2.62. The minimum absolute atomic E-state index is 0.144. The van der Waals surface area contributed by atoms with Crippen molar-refractivity contribution in [1.29, 1.82) is 0 Å². The lowest BCUT2D eigenvalue weighted by atomic mass is 10.1. The lowest BCUT2D eigenvalue weighted by Crippen LogP contribution is -1.99.